The van der Waals surface area contributed by atoms with Crippen LogP contribution in [0.1, 0.15) is 29.5 Å². The largest absolute Gasteiger partial charge is 0.493 e. The van der Waals surface area contributed by atoms with Gasteiger partial charge >= 0.3 is 6.61 Å². The van der Waals surface area contributed by atoms with Crippen LogP contribution in [0.4, 0.5) is 14.5 Å². The summed E-state index contributed by atoms with van der Waals surface area (Å²) in [6.07, 6.45) is 3.42. The van der Waals surface area contributed by atoms with Crippen LogP contribution >= 0.6 is 0 Å². The van der Waals surface area contributed by atoms with E-state index in [2.05, 4.69) is 16.9 Å². The highest BCUT2D eigenvalue weighted by atomic mass is 19.3. The fourth-order valence-electron chi connectivity index (χ4n) is 4.52. The van der Waals surface area contributed by atoms with E-state index >= 15 is 0 Å². The zero-order valence-corrected chi connectivity index (χ0v) is 18.1. The molecule has 2 aromatic carbocycles. The first-order valence-electron chi connectivity index (χ1n) is 10.6. The third-order valence-electron chi connectivity index (χ3n) is 6.11. The highest BCUT2D eigenvalue weighted by Gasteiger charge is 2.36. The first kappa shape index (κ1) is 22.0. The number of carbonyl (C=O) groups excluding carboxylic acids is 2. The second-order valence-electron chi connectivity index (χ2n) is 8.27. The standard InChI is InChI=1S/C24H26F2N2O4/c1-27(13-15-6-9-20(32-24(25)26)21(10-15)31-2)23(30)18-12-22(29)28(14-18)19-8-7-16-4-3-5-17(16)11-19/h6-11,18,24H,3-5,12-14H2,1-2H3/t18-/m0/s1. The minimum Gasteiger partial charge on any atom is -0.493 e. The van der Waals surface area contributed by atoms with Crippen molar-refractivity contribution in [2.75, 3.05) is 25.6 Å². The molecule has 0 radical (unpaired) electrons. The van der Waals surface area contributed by atoms with Crippen molar-refractivity contribution >= 4 is 17.5 Å². The Morgan fingerprint density at radius 2 is 1.94 bits per heavy atom. The van der Waals surface area contributed by atoms with Crippen LogP contribution in [0.2, 0.25) is 0 Å². The quantitative estimate of drug-likeness (QED) is 0.652. The molecule has 0 aromatic heterocycles. The molecule has 2 amide bonds. The van der Waals surface area contributed by atoms with Gasteiger partial charge in [0.05, 0.1) is 13.0 Å². The van der Waals surface area contributed by atoms with Gasteiger partial charge in [-0.1, -0.05) is 12.1 Å². The molecule has 8 heteroatoms. The molecule has 0 N–H and O–H groups in total. The van der Waals surface area contributed by atoms with Crippen LogP contribution in [0.25, 0.3) is 0 Å². The molecule has 1 saturated heterocycles. The van der Waals surface area contributed by atoms with Crippen molar-refractivity contribution in [2.24, 2.45) is 5.92 Å². The molecule has 1 aliphatic carbocycles. The van der Waals surface area contributed by atoms with Gasteiger partial charge in [-0.2, -0.15) is 8.78 Å². The van der Waals surface area contributed by atoms with Crippen molar-refractivity contribution in [3.05, 3.63) is 53.1 Å². The summed E-state index contributed by atoms with van der Waals surface area (Å²) in [6, 6.07) is 10.7. The number of fused-ring (bicyclic) bond motifs is 1. The zero-order valence-electron chi connectivity index (χ0n) is 18.1. The van der Waals surface area contributed by atoms with Crippen molar-refractivity contribution in [3.63, 3.8) is 0 Å². The number of hydrogen-bond donors (Lipinski definition) is 0. The second kappa shape index (κ2) is 9.14. The fraction of sp³-hybridized carbons (Fsp3) is 0.417. The van der Waals surface area contributed by atoms with Gasteiger partial charge in [0.15, 0.2) is 11.5 Å². The Morgan fingerprint density at radius 1 is 1.16 bits per heavy atom. The molecule has 2 aromatic rings. The smallest absolute Gasteiger partial charge is 0.387 e. The lowest BCUT2D eigenvalue weighted by molar-refractivity contribution is -0.135. The first-order valence-corrected chi connectivity index (χ1v) is 10.6. The van der Waals surface area contributed by atoms with E-state index in [4.69, 9.17) is 4.74 Å². The maximum atomic E-state index is 13.0. The summed E-state index contributed by atoms with van der Waals surface area (Å²) < 4.78 is 34.6. The monoisotopic (exact) mass is 444 g/mol. The van der Waals surface area contributed by atoms with E-state index in [0.29, 0.717) is 12.1 Å². The molecular weight excluding hydrogens is 418 g/mol. The summed E-state index contributed by atoms with van der Waals surface area (Å²) >= 11 is 0. The van der Waals surface area contributed by atoms with Crippen molar-refractivity contribution in [2.45, 2.75) is 38.8 Å². The summed E-state index contributed by atoms with van der Waals surface area (Å²) in [5.74, 6) is -0.503. The van der Waals surface area contributed by atoms with Gasteiger partial charge in [-0.25, -0.2) is 0 Å². The SMILES string of the molecule is COc1cc(CN(C)C(=O)[C@H]2CC(=O)N(c3ccc4c(c3)CCC4)C2)ccc1OC(F)F. The van der Waals surface area contributed by atoms with Crippen LogP contribution in [-0.2, 0) is 29.0 Å². The van der Waals surface area contributed by atoms with Crippen LogP contribution in [0.5, 0.6) is 11.5 Å². The average Bonchev–Trinajstić information content (AvgIpc) is 3.39. The normalized spacial score (nSPS) is 17.6. The van der Waals surface area contributed by atoms with E-state index < -0.39 is 12.5 Å². The first-order chi connectivity index (χ1) is 15.4. The summed E-state index contributed by atoms with van der Waals surface area (Å²) in [5.41, 5.74) is 4.19. The maximum Gasteiger partial charge on any atom is 0.387 e. The Morgan fingerprint density at radius 3 is 2.69 bits per heavy atom. The molecule has 32 heavy (non-hydrogen) atoms. The van der Waals surface area contributed by atoms with Crippen LogP contribution in [0.15, 0.2) is 36.4 Å². The number of methoxy groups -OCH3 is 1. The van der Waals surface area contributed by atoms with Crippen LogP contribution in [0, 0.1) is 5.92 Å². The van der Waals surface area contributed by atoms with Crippen molar-refractivity contribution < 1.29 is 27.8 Å². The van der Waals surface area contributed by atoms with Crippen LogP contribution in [-0.4, -0.2) is 44.0 Å². The summed E-state index contributed by atoms with van der Waals surface area (Å²) in [5, 5.41) is 0. The Labute approximate surface area is 185 Å². The molecule has 0 saturated carbocycles. The predicted octanol–water partition coefficient (Wildman–Crippen LogP) is 3.80. The zero-order chi connectivity index (χ0) is 22.8. The molecule has 170 valence electrons. The third-order valence-corrected chi connectivity index (χ3v) is 6.11. The highest BCUT2D eigenvalue weighted by molar-refractivity contribution is 6.00. The molecule has 2 aliphatic rings. The van der Waals surface area contributed by atoms with Gasteiger partial charge in [-0.3, -0.25) is 9.59 Å². The molecule has 1 fully saturated rings. The number of carbonyl (C=O) groups is 2. The van der Waals surface area contributed by atoms with Gasteiger partial charge in [0.2, 0.25) is 11.8 Å². The van der Waals surface area contributed by atoms with Gasteiger partial charge < -0.3 is 19.3 Å². The topological polar surface area (TPSA) is 59.1 Å². The second-order valence-corrected chi connectivity index (χ2v) is 8.27. The van der Waals surface area contributed by atoms with E-state index in [1.807, 2.05) is 6.07 Å². The van der Waals surface area contributed by atoms with Crippen molar-refractivity contribution in [1.29, 1.82) is 0 Å². The number of rotatable bonds is 7. The van der Waals surface area contributed by atoms with Crippen molar-refractivity contribution in [3.8, 4) is 11.5 Å². The van der Waals surface area contributed by atoms with Crippen LogP contribution in [0.3, 0.4) is 0 Å². The van der Waals surface area contributed by atoms with Crippen molar-refractivity contribution in [1.82, 2.24) is 4.90 Å². The Kier molecular flexibility index (Phi) is 6.30. The molecule has 1 aliphatic heterocycles. The Bertz CT molecular complexity index is 1030. The number of aryl methyl sites for hydroxylation is 2. The number of hydrogen-bond acceptors (Lipinski definition) is 4. The molecular formula is C24H26F2N2O4. The van der Waals surface area contributed by atoms with Gasteiger partial charge in [0.25, 0.3) is 0 Å². The molecule has 1 heterocycles. The van der Waals surface area contributed by atoms with E-state index in [1.165, 1.54) is 24.3 Å². The predicted molar refractivity (Wildman–Crippen MR) is 115 cm³/mol. The lowest BCUT2D eigenvalue weighted by Gasteiger charge is -2.22. The van der Waals surface area contributed by atoms with Gasteiger partial charge in [0.1, 0.15) is 0 Å². The number of alkyl halides is 2. The van der Waals surface area contributed by atoms with Gasteiger partial charge in [-0.15, -0.1) is 0 Å². The van der Waals surface area contributed by atoms with E-state index in [9.17, 15) is 18.4 Å². The molecule has 4 rings (SSSR count). The number of ether oxygens (including phenoxy) is 2. The minimum absolute atomic E-state index is 0.0510. The van der Waals surface area contributed by atoms with Gasteiger partial charge in [-0.05, 0) is 60.2 Å². The summed E-state index contributed by atoms with van der Waals surface area (Å²) in [4.78, 5) is 28.9. The van der Waals surface area contributed by atoms with Gasteiger partial charge in [0, 0.05) is 32.2 Å². The molecule has 0 unspecified atom stereocenters. The minimum atomic E-state index is -2.95. The number of amides is 2. The highest BCUT2D eigenvalue weighted by Crippen LogP contribution is 2.32. The summed E-state index contributed by atoms with van der Waals surface area (Å²) in [6.45, 7) is -2.34. The molecule has 6 nitrogen and oxygen atoms in total. The lowest BCUT2D eigenvalue weighted by Crippen LogP contribution is -2.34. The van der Waals surface area contributed by atoms with E-state index in [1.54, 1.807) is 29.0 Å². The van der Waals surface area contributed by atoms with E-state index in [0.717, 1.165) is 24.9 Å². The van der Waals surface area contributed by atoms with E-state index in [-0.39, 0.29) is 36.3 Å². The molecule has 0 spiro atoms. The fourth-order valence-corrected chi connectivity index (χ4v) is 4.52. The molecule has 0 bridgehead atoms. The molecule has 1 atom stereocenters. The number of nitrogens with zero attached hydrogens (tertiary/aromatic N) is 2. The lowest BCUT2D eigenvalue weighted by atomic mass is 10.1. The number of halogens is 2. The maximum absolute atomic E-state index is 13.0. The average molecular weight is 444 g/mol. The Hall–Kier alpha value is -3.16. The number of anilines is 1. The Balaban J connectivity index is 1.41. The summed E-state index contributed by atoms with van der Waals surface area (Å²) in [7, 11) is 3.03. The third kappa shape index (κ3) is 4.54. The number of benzene rings is 2. The van der Waals surface area contributed by atoms with Crippen LogP contribution < -0.4 is 14.4 Å².